The van der Waals surface area contributed by atoms with E-state index >= 15 is 0 Å². The Kier molecular flexibility index (Phi) is 4.11. The van der Waals surface area contributed by atoms with Crippen LogP contribution in [-0.2, 0) is 11.3 Å². The van der Waals surface area contributed by atoms with Crippen LogP contribution in [0, 0.1) is 6.92 Å². The van der Waals surface area contributed by atoms with Crippen LogP contribution < -0.4 is 16.4 Å². The molecule has 0 aliphatic carbocycles. The van der Waals surface area contributed by atoms with E-state index in [9.17, 15) is 14.4 Å². The summed E-state index contributed by atoms with van der Waals surface area (Å²) >= 11 is 0. The Bertz CT molecular complexity index is 985. The molecule has 3 aromatic rings. The lowest BCUT2D eigenvalue weighted by atomic mass is 10.3. The van der Waals surface area contributed by atoms with Gasteiger partial charge in [0.2, 0.25) is 5.91 Å². The molecule has 24 heavy (non-hydrogen) atoms. The summed E-state index contributed by atoms with van der Waals surface area (Å²) in [5, 5.41) is 6.12. The number of hydrogen-bond acceptors (Lipinski definition) is 5. The lowest BCUT2D eigenvalue weighted by Gasteiger charge is -2.08. The summed E-state index contributed by atoms with van der Waals surface area (Å²) in [4.78, 5) is 36.3. The molecule has 3 rings (SSSR count). The first-order chi connectivity index (χ1) is 11.5. The van der Waals surface area contributed by atoms with Crippen LogP contribution in [0.1, 0.15) is 5.76 Å². The van der Waals surface area contributed by atoms with Gasteiger partial charge in [-0.05, 0) is 19.1 Å². The maximum absolute atomic E-state index is 12.2. The van der Waals surface area contributed by atoms with Gasteiger partial charge in [-0.3, -0.25) is 23.5 Å². The van der Waals surface area contributed by atoms with Crippen molar-refractivity contribution in [3.05, 3.63) is 75.3 Å². The number of carbonyl (C=O) groups excluding carboxylic acids is 1. The zero-order chi connectivity index (χ0) is 17.1. The normalized spacial score (nSPS) is 10.5. The zero-order valence-electron chi connectivity index (χ0n) is 12.8. The van der Waals surface area contributed by atoms with Gasteiger partial charge in [-0.1, -0.05) is 23.4 Å². The number of benzene rings is 1. The van der Waals surface area contributed by atoms with Gasteiger partial charge in [0.25, 0.3) is 0 Å². The molecule has 8 heteroatoms. The van der Waals surface area contributed by atoms with Crippen molar-refractivity contribution in [3.63, 3.8) is 0 Å². The summed E-state index contributed by atoms with van der Waals surface area (Å²) in [6, 6.07) is 10.3. The second-order valence-electron chi connectivity index (χ2n) is 5.11. The van der Waals surface area contributed by atoms with Gasteiger partial charge in [-0.2, -0.15) is 0 Å². The Labute approximate surface area is 135 Å². The van der Waals surface area contributed by atoms with Crippen molar-refractivity contribution in [1.82, 2.24) is 14.3 Å². The molecule has 0 fully saturated rings. The minimum Gasteiger partial charge on any atom is -0.360 e. The molecule has 8 nitrogen and oxygen atoms in total. The van der Waals surface area contributed by atoms with Crippen LogP contribution in [0.3, 0.4) is 0 Å². The standard InChI is InChI=1S/C16H14N4O4/c1-11-9-13(18-24-11)17-14(21)10-19-7-8-20(16(23)15(19)22)12-5-3-2-4-6-12/h2-9H,10H2,1H3,(H,17,18,21). The van der Waals surface area contributed by atoms with E-state index in [-0.39, 0.29) is 12.4 Å². The predicted octanol–water partition coefficient (Wildman–Crippen LogP) is 0.934. The smallest absolute Gasteiger partial charge is 0.320 e. The van der Waals surface area contributed by atoms with Gasteiger partial charge in [-0.15, -0.1) is 0 Å². The van der Waals surface area contributed by atoms with Crippen LogP contribution in [0.5, 0.6) is 0 Å². The molecule has 0 spiro atoms. The molecule has 0 saturated heterocycles. The van der Waals surface area contributed by atoms with Crippen molar-refractivity contribution in [2.75, 3.05) is 5.32 Å². The number of nitrogens with one attached hydrogen (secondary N) is 1. The van der Waals surface area contributed by atoms with Crippen molar-refractivity contribution in [2.24, 2.45) is 0 Å². The van der Waals surface area contributed by atoms with E-state index in [1.807, 2.05) is 6.07 Å². The van der Waals surface area contributed by atoms with E-state index in [1.54, 1.807) is 37.3 Å². The number of rotatable bonds is 4. The number of carbonyl (C=O) groups is 1. The fourth-order valence-electron chi connectivity index (χ4n) is 2.19. The lowest BCUT2D eigenvalue weighted by Crippen LogP contribution is -2.41. The summed E-state index contributed by atoms with van der Waals surface area (Å²) in [5.74, 6) is 0.318. The number of nitrogens with zero attached hydrogens (tertiary/aromatic N) is 3. The predicted molar refractivity (Wildman–Crippen MR) is 86.2 cm³/mol. The summed E-state index contributed by atoms with van der Waals surface area (Å²) in [6.07, 6.45) is 2.84. The highest BCUT2D eigenvalue weighted by Gasteiger charge is 2.11. The Hall–Kier alpha value is -3.42. The highest BCUT2D eigenvalue weighted by molar-refractivity contribution is 5.89. The first-order valence-corrected chi connectivity index (χ1v) is 7.15. The molecule has 0 saturated carbocycles. The highest BCUT2D eigenvalue weighted by Crippen LogP contribution is 2.07. The number of anilines is 1. The van der Waals surface area contributed by atoms with Gasteiger partial charge >= 0.3 is 11.1 Å². The SMILES string of the molecule is Cc1cc(NC(=O)Cn2ccn(-c3ccccc3)c(=O)c2=O)no1. The number of aryl methyl sites for hydroxylation is 1. The van der Waals surface area contributed by atoms with Crippen molar-refractivity contribution in [2.45, 2.75) is 13.5 Å². The van der Waals surface area contributed by atoms with E-state index < -0.39 is 17.0 Å². The van der Waals surface area contributed by atoms with Crippen molar-refractivity contribution >= 4 is 11.7 Å². The lowest BCUT2D eigenvalue weighted by molar-refractivity contribution is -0.116. The third kappa shape index (κ3) is 3.17. The van der Waals surface area contributed by atoms with Crippen molar-refractivity contribution in [3.8, 4) is 5.69 Å². The third-order valence-corrected chi connectivity index (χ3v) is 3.30. The molecule has 0 aliphatic rings. The fraction of sp³-hybridized carbons (Fsp3) is 0.125. The Morgan fingerprint density at radius 3 is 2.58 bits per heavy atom. The average Bonchev–Trinajstić information content (AvgIpc) is 2.97. The van der Waals surface area contributed by atoms with Gasteiger partial charge in [-0.25, -0.2) is 0 Å². The van der Waals surface area contributed by atoms with Crippen LogP contribution in [-0.4, -0.2) is 20.2 Å². The Morgan fingerprint density at radius 2 is 1.92 bits per heavy atom. The van der Waals surface area contributed by atoms with E-state index in [0.717, 1.165) is 4.57 Å². The minimum absolute atomic E-state index is 0.253. The number of para-hydroxylation sites is 1. The molecule has 0 atom stereocenters. The average molecular weight is 326 g/mol. The molecule has 0 bridgehead atoms. The summed E-state index contributed by atoms with van der Waals surface area (Å²) in [7, 11) is 0. The third-order valence-electron chi connectivity index (χ3n) is 3.30. The molecule has 2 aromatic heterocycles. The van der Waals surface area contributed by atoms with Crippen LogP contribution in [0.15, 0.2) is 62.9 Å². The minimum atomic E-state index is -0.784. The van der Waals surface area contributed by atoms with Gasteiger partial charge in [0.1, 0.15) is 12.3 Å². The molecule has 2 heterocycles. The number of hydrogen-bond donors (Lipinski definition) is 1. The molecule has 122 valence electrons. The van der Waals surface area contributed by atoms with E-state index in [1.165, 1.54) is 17.0 Å². The fourth-order valence-corrected chi connectivity index (χ4v) is 2.19. The van der Waals surface area contributed by atoms with Crippen molar-refractivity contribution < 1.29 is 9.32 Å². The Morgan fingerprint density at radius 1 is 1.17 bits per heavy atom. The highest BCUT2D eigenvalue weighted by atomic mass is 16.5. The van der Waals surface area contributed by atoms with Crippen molar-refractivity contribution in [1.29, 1.82) is 0 Å². The second-order valence-corrected chi connectivity index (χ2v) is 5.11. The maximum Gasteiger partial charge on any atom is 0.320 e. The molecule has 1 aromatic carbocycles. The first kappa shape index (κ1) is 15.5. The molecule has 0 unspecified atom stereocenters. The summed E-state index contributed by atoms with van der Waals surface area (Å²) in [6.45, 7) is 1.39. The van der Waals surface area contributed by atoms with Gasteiger partial charge in [0.05, 0.1) is 0 Å². The molecule has 1 N–H and O–H groups in total. The van der Waals surface area contributed by atoms with E-state index in [2.05, 4.69) is 10.5 Å². The molecular weight excluding hydrogens is 312 g/mol. The Balaban J connectivity index is 1.82. The molecular formula is C16H14N4O4. The zero-order valence-corrected chi connectivity index (χ0v) is 12.8. The topological polar surface area (TPSA) is 99.1 Å². The largest absolute Gasteiger partial charge is 0.360 e. The molecule has 0 aliphatic heterocycles. The van der Waals surface area contributed by atoms with Crippen LogP contribution in [0.4, 0.5) is 5.82 Å². The van der Waals surface area contributed by atoms with E-state index in [4.69, 9.17) is 4.52 Å². The summed E-state index contributed by atoms with van der Waals surface area (Å²) < 4.78 is 7.12. The van der Waals surface area contributed by atoms with Gasteiger partial charge in [0, 0.05) is 24.1 Å². The first-order valence-electron chi connectivity index (χ1n) is 7.15. The molecule has 1 amide bonds. The van der Waals surface area contributed by atoms with Crippen LogP contribution in [0.2, 0.25) is 0 Å². The van der Waals surface area contributed by atoms with Crippen LogP contribution in [0.25, 0.3) is 5.69 Å². The second kappa shape index (κ2) is 6.37. The van der Waals surface area contributed by atoms with E-state index in [0.29, 0.717) is 11.4 Å². The summed E-state index contributed by atoms with van der Waals surface area (Å²) in [5.41, 5.74) is -0.934. The van der Waals surface area contributed by atoms with Gasteiger partial charge in [0.15, 0.2) is 5.82 Å². The molecule has 0 radical (unpaired) electrons. The number of aromatic nitrogens is 3. The monoisotopic (exact) mass is 326 g/mol. The van der Waals surface area contributed by atoms with Gasteiger partial charge < -0.3 is 9.84 Å². The maximum atomic E-state index is 12.2. The quantitative estimate of drug-likeness (QED) is 0.719. The number of amides is 1. The van der Waals surface area contributed by atoms with Crippen LogP contribution >= 0.6 is 0 Å².